The summed E-state index contributed by atoms with van der Waals surface area (Å²) in [6, 6.07) is 14.1. The molecule has 2 aromatic carbocycles. The van der Waals surface area contributed by atoms with Gasteiger partial charge in [0.1, 0.15) is 0 Å². The Bertz CT molecular complexity index is 862. The van der Waals surface area contributed by atoms with Gasteiger partial charge >= 0.3 is 6.01 Å². The van der Waals surface area contributed by atoms with Gasteiger partial charge in [-0.15, -0.1) is 5.10 Å². The largest absolute Gasteiger partial charge is 0.403 e. The number of hydrogen-bond donors (Lipinski definition) is 1. The first-order chi connectivity index (χ1) is 12.0. The summed E-state index contributed by atoms with van der Waals surface area (Å²) < 4.78 is 5.57. The van der Waals surface area contributed by atoms with Gasteiger partial charge in [0.25, 0.3) is 0 Å². The molecule has 0 aliphatic rings. The van der Waals surface area contributed by atoms with Crippen molar-refractivity contribution in [3.8, 4) is 11.5 Å². The third-order valence-electron chi connectivity index (χ3n) is 3.94. The van der Waals surface area contributed by atoms with Gasteiger partial charge in [-0.05, 0) is 43.5 Å². The number of nitrogens with zero attached hydrogens (tertiary/aromatic N) is 2. The fraction of sp³-hybridized carbons (Fsp3) is 0.250. The molecule has 0 aliphatic carbocycles. The zero-order valence-corrected chi connectivity index (χ0v) is 14.7. The van der Waals surface area contributed by atoms with Crippen molar-refractivity contribution in [2.45, 2.75) is 33.6 Å². The number of benzene rings is 2. The number of amides is 1. The fourth-order valence-corrected chi connectivity index (χ4v) is 2.73. The van der Waals surface area contributed by atoms with Crippen LogP contribution in [0.3, 0.4) is 0 Å². The average Bonchev–Trinajstić information content (AvgIpc) is 3.03. The highest BCUT2D eigenvalue weighted by Gasteiger charge is 2.12. The lowest BCUT2D eigenvalue weighted by atomic mass is 10.1. The minimum absolute atomic E-state index is 0.115. The van der Waals surface area contributed by atoms with E-state index < -0.39 is 0 Å². The monoisotopic (exact) mass is 335 g/mol. The first-order valence-electron chi connectivity index (χ1n) is 8.33. The Kier molecular flexibility index (Phi) is 4.93. The van der Waals surface area contributed by atoms with Gasteiger partial charge in [0.05, 0.1) is 6.42 Å². The SMILES string of the molecule is CCc1ccc(CC(=O)Nc2nnc(-c3cc(C)cc(C)c3)o2)cc1. The zero-order valence-electron chi connectivity index (χ0n) is 14.7. The lowest BCUT2D eigenvalue weighted by molar-refractivity contribution is -0.115. The summed E-state index contributed by atoms with van der Waals surface area (Å²) >= 11 is 0. The quantitative estimate of drug-likeness (QED) is 0.762. The number of carbonyl (C=O) groups excluding carboxylic acids is 1. The van der Waals surface area contributed by atoms with Crippen LogP contribution in [0, 0.1) is 13.8 Å². The Morgan fingerprint density at radius 1 is 1.00 bits per heavy atom. The normalized spacial score (nSPS) is 10.7. The van der Waals surface area contributed by atoms with Crippen LogP contribution >= 0.6 is 0 Å². The van der Waals surface area contributed by atoms with Crippen LogP contribution in [0.4, 0.5) is 6.01 Å². The van der Waals surface area contributed by atoms with E-state index in [1.807, 2.05) is 50.2 Å². The van der Waals surface area contributed by atoms with Crippen LogP contribution in [-0.4, -0.2) is 16.1 Å². The van der Waals surface area contributed by atoms with E-state index in [2.05, 4.69) is 28.5 Å². The minimum atomic E-state index is -0.181. The molecule has 1 amide bonds. The molecule has 0 aliphatic heterocycles. The molecule has 5 heteroatoms. The zero-order chi connectivity index (χ0) is 17.8. The van der Waals surface area contributed by atoms with Crippen molar-refractivity contribution < 1.29 is 9.21 Å². The Morgan fingerprint density at radius 3 is 2.28 bits per heavy atom. The average molecular weight is 335 g/mol. The molecule has 1 heterocycles. The smallest absolute Gasteiger partial charge is 0.322 e. The van der Waals surface area contributed by atoms with Crippen molar-refractivity contribution in [2.75, 3.05) is 5.32 Å². The summed E-state index contributed by atoms with van der Waals surface area (Å²) in [5, 5.41) is 10.6. The van der Waals surface area contributed by atoms with Crippen molar-refractivity contribution in [1.29, 1.82) is 0 Å². The van der Waals surface area contributed by atoms with E-state index in [0.717, 1.165) is 28.7 Å². The molecular formula is C20H21N3O2. The van der Waals surface area contributed by atoms with Crippen LogP contribution in [0.25, 0.3) is 11.5 Å². The van der Waals surface area contributed by atoms with Crippen molar-refractivity contribution >= 4 is 11.9 Å². The molecule has 0 fully saturated rings. The van der Waals surface area contributed by atoms with Gasteiger partial charge in [-0.25, -0.2) is 0 Å². The molecule has 0 spiro atoms. The van der Waals surface area contributed by atoms with Crippen molar-refractivity contribution in [3.63, 3.8) is 0 Å². The fourth-order valence-electron chi connectivity index (χ4n) is 2.73. The maximum absolute atomic E-state index is 12.2. The van der Waals surface area contributed by atoms with Crippen LogP contribution < -0.4 is 5.32 Å². The Morgan fingerprint density at radius 2 is 1.64 bits per heavy atom. The number of aromatic nitrogens is 2. The predicted octanol–water partition coefficient (Wildman–Crippen LogP) is 4.10. The van der Waals surface area contributed by atoms with E-state index in [4.69, 9.17) is 4.42 Å². The highest BCUT2D eigenvalue weighted by atomic mass is 16.4. The van der Waals surface area contributed by atoms with Crippen LogP contribution in [0.5, 0.6) is 0 Å². The molecule has 3 rings (SSSR count). The topological polar surface area (TPSA) is 68.0 Å². The molecule has 0 unspecified atom stereocenters. The molecule has 25 heavy (non-hydrogen) atoms. The van der Waals surface area contributed by atoms with E-state index >= 15 is 0 Å². The number of anilines is 1. The molecule has 1 N–H and O–H groups in total. The van der Waals surface area contributed by atoms with Crippen LogP contribution in [0.1, 0.15) is 29.2 Å². The minimum Gasteiger partial charge on any atom is -0.403 e. The summed E-state index contributed by atoms with van der Waals surface area (Å²) in [5.74, 6) is 0.217. The predicted molar refractivity (Wildman–Crippen MR) is 97.4 cm³/mol. The van der Waals surface area contributed by atoms with Crippen LogP contribution in [0.2, 0.25) is 0 Å². The lowest BCUT2D eigenvalue weighted by Crippen LogP contribution is -2.14. The molecule has 128 valence electrons. The number of hydrogen-bond acceptors (Lipinski definition) is 4. The first kappa shape index (κ1) is 16.9. The molecular weight excluding hydrogens is 314 g/mol. The van der Waals surface area contributed by atoms with Gasteiger partial charge < -0.3 is 4.42 Å². The Hall–Kier alpha value is -2.95. The van der Waals surface area contributed by atoms with Crippen molar-refractivity contribution in [3.05, 3.63) is 64.7 Å². The molecule has 0 bridgehead atoms. The van der Waals surface area contributed by atoms with Gasteiger partial charge in [0.15, 0.2) is 0 Å². The van der Waals surface area contributed by atoms with Gasteiger partial charge in [-0.3, -0.25) is 10.1 Å². The third-order valence-corrected chi connectivity index (χ3v) is 3.94. The Balaban J connectivity index is 1.67. The molecule has 0 radical (unpaired) electrons. The van der Waals surface area contributed by atoms with E-state index in [-0.39, 0.29) is 18.3 Å². The molecule has 0 atom stereocenters. The standard InChI is InChI=1S/C20H21N3O2/c1-4-15-5-7-16(8-6-15)12-18(24)21-20-23-22-19(25-20)17-10-13(2)9-14(3)11-17/h5-11H,4,12H2,1-3H3,(H,21,23,24). The lowest BCUT2D eigenvalue weighted by Gasteiger charge is -2.03. The second-order valence-electron chi connectivity index (χ2n) is 6.18. The number of carbonyl (C=O) groups is 1. The highest BCUT2D eigenvalue weighted by molar-refractivity contribution is 5.90. The van der Waals surface area contributed by atoms with Gasteiger partial charge in [-0.1, -0.05) is 53.5 Å². The number of nitrogens with one attached hydrogen (secondary N) is 1. The van der Waals surface area contributed by atoms with Crippen molar-refractivity contribution in [2.24, 2.45) is 0 Å². The molecule has 3 aromatic rings. The summed E-state index contributed by atoms with van der Waals surface area (Å²) in [5.41, 5.74) is 5.28. The maximum Gasteiger partial charge on any atom is 0.322 e. The highest BCUT2D eigenvalue weighted by Crippen LogP contribution is 2.22. The first-order valence-corrected chi connectivity index (χ1v) is 8.33. The Labute approximate surface area is 147 Å². The number of rotatable bonds is 5. The second-order valence-corrected chi connectivity index (χ2v) is 6.18. The maximum atomic E-state index is 12.2. The van der Waals surface area contributed by atoms with Gasteiger partial charge in [-0.2, -0.15) is 0 Å². The molecule has 0 saturated carbocycles. The van der Waals surface area contributed by atoms with Gasteiger partial charge in [0, 0.05) is 5.56 Å². The summed E-state index contributed by atoms with van der Waals surface area (Å²) in [6.45, 7) is 6.13. The van der Waals surface area contributed by atoms with Crippen LogP contribution in [0.15, 0.2) is 46.9 Å². The molecule has 0 saturated heterocycles. The third kappa shape index (κ3) is 4.32. The summed E-state index contributed by atoms with van der Waals surface area (Å²) in [6.07, 6.45) is 1.25. The van der Waals surface area contributed by atoms with E-state index in [1.165, 1.54) is 5.56 Å². The second kappa shape index (κ2) is 7.30. The van der Waals surface area contributed by atoms with E-state index in [1.54, 1.807) is 0 Å². The van der Waals surface area contributed by atoms with Crippen molar-refractivity contribution in [1.82, 2.24) is 10.2 Å². The summed E-state index contributed by atoms with van der Waals surface area (Å²) in [7, 11) is 0. The molecule has 5 nitrogen and oxygen atoms in total. The van der Waals surface area contributed by atoms with Crippen LogP contribution in [-0.2, 0) is 17.6 Å². The summed E-state index contributed by atoms with van der Waals surface area (Å²) in [4.78, 5) is 12.2. The van der Waals surface area contributed by atoms with Gasteiger partial charge in [0.2, 0.25) is 11.8 Å². The molecule has 1 aromatic heterocycles. The van der Waals surface area contributed by atoms with E-state index in [0.29, 0.717) is 5.89 Å². The van der Waals surface area contributed by atoms with E-state index in [9.17, 15) is 4.79 Å². The number of aryl methyl sites for hydroxylation is 3.